The fourth-order valence-electron chi connectivity index (χ4n) is 3.22. The molecule has 0 saturated heterocycles. The smallest absolute Gasteiger partial charge is 0.228 e. The van der Waals surface area contributed by atoms with E-state index in [2.05, 4.69) is 6.07 Å². The van der Waals surface area contributed by atoms with Crippen LogP contribution in [-0.4, -0.2) is 31.4 Å². The predicted octanol–water partition coefficient (Wildman–Crippen LogP) is 3.05. The summed E-state index contributed by atoms with van der Waals surface area (Å²) in [5.41, 5.74) is 1.11. The van der Waals surface area contributed by atoms with Gasteiger partial charge in [0, 0.05) is 18.2 Å². The van der Waals surface area contributed by atoms with E-state index in [9.17, 15) is 13.2 Å². The summed E-state index contributed by atoms with van der Waals surface area (Å²) in [6.07, 6.45) is 3.32. The van der Waals surface area contributed by atoms with Crippen LogP contribution in [0.4, 0.5) is 5.69 Å². The Morgan fingerprint density at radius 3 is 2.58 bits per heavy atom. The number of rotatable bonds is 6. The molecule has 0 aromatic heterocycles. The molecule has 0 unspecified atom stereocenters. The number of amides is 1. The number of hydrogen-bond donors (Lipinski definition) is 0. The first-order valence-corrected chi connectivity index (χ1v) is 10.1. The van der Waals surface area contributed by atoms with Crippen LogP contribution in [0.5, 0.6) is 0 Å². The molecule has 1 fully saturated rings. The summed E-state index contributed by atoms with van der Waals surface area (Å²) in [5.74, 6) is -0.320. The van der Waals surface area contributed by atoms with Gasteiger partial charge in [0.25, 0.3) is 0 Å². The molecule has 5 nitrogen and oxygen atoms in total. The lowest BCUT2D eigenvalue weighted by atomic mass is 10.1. The molecule has 0 heterocycles. The van der Waals surface area contributed by atoms with Crippen LogP contribution < -0.4 is 4.90 Å². The van der Waals surface area contributed by atoms with Gasteiger partial charge in [-0.15, -0.1) is 0 Å². The Morgan fingerprint density at radius 2 is 2.00 bits per heavy atom. The molecule has 130 valence electrons. The van der Waals surface area contributed by atoms with Crippen LogP contribution in [0.1, 0.15) is 51.5 Å². The van der Waals surface area contributed by atoms with Crippen molar-refractivity contribution in [3.63, 3.8) is 0 Å². The number of sulfone groups is 1. The first-order valence-electron chi connectivity index (χ1n) is 8.39. The van der Waals surface area contributed by atoms with Crippen LogP contribution in [0, 0.1) is 11.3 Å². The number of hydrogen-bond acceptors (Lipinski definition) is 4. The van der Waals surface area contributed by atoms with Gasteiger partial charge in [-0.1, -0.05) is 18.9 Å². The molecule has 1 aliphatic carbocycles. The topological polar surface area (TPSA) is 78.2 Å². The van der Waals surface area contributed by atoms with Crippen molar-refractivity contribution in [2.45, 2.75) is 57.2 Å². The van der Waals surface area contributed by atoms with Gasteiger partial charge in [0.05, 0.1) is 22.6 Å². The molecule has 24 heavy (non-hydrogen) atoms. The summed E-state index contributed by atoms with van der Waals surface area (Å²) >= 11 is 0. The Hall–Kier alpha value is -1.87. The van der Waals surface area contributed by atoms with Crippen LogP contribution in [0.15, 0.2) is 24.3 Å². The highest BCUT2D eigenvalue weighted by atomic mass is 32.2. The van der Waals surface area contributed by atoms with Crippen LogP contribution >= 0.6 is 0 Å². The number of nitriles is 1. The minimum absolute atomic E-state index is 0.0200. The zero-order chi connectivity index (χ0) is 17.7. The van der Waals surface area contributed by atoms with E-state index in [4.69, 9.17) is 5.26 Å². The molecule has 6 heteroatoms. The minimum atomic E-state index is -3.21. The predicted molar refractivity (Wildman–Crippen MR) is 94.4 cm³/mol. The molecule has 0 N–H and O–H groups in total. The zero-order valence-electron chi connectivity index (χ0n) is 14.2. The van der Waals surface area contributed by atoms with Crippen molar-refractivity contribution >= 4 is 21.4 Å². The van der Waals surface area contributed by atoms with Gasteiger partial charge >= 0.3 is 0 Å². The maximum atomic E-state index is 12.6. The third-order valence-electron chi connectivity index (χ3n) is 4.45. The molecule has 2 rings (SSSR count). The second kappa shape index (κ2) is 7.80. The number of anilines is 1. The van der Waals surface area contributed by atoms with E-state index in [0.29, 0.717) is 24.1 Å². The third-order valence-corrected chi connectivity index (χ3v) is 6.71. The van der Waals surface area contributed by atoms with Gasteiger partial charge in [0.15, 0.2) is 9.84 Å². The van der Waals surface area contributed by atoms with Gasteiger partial charge in [-0.25, -0.2) is 8.42 Å². The van der Waals surface area contributed by atoms with Crippen molar-refractivity contribution in [1.29, 1.82) is 5.26 Å². The van der Waals surface area contributed by atoms with E-state index in [-0.39, 0.29) is 29.4 Å². The van der Waals surface area contributed by atoms with Crippen LogP contribution in [0.2, 0.25) is 0 Å². The van der Waals surface area contributed by atoms with Gasteiger partial charge < -0.3 is 4.90 Å². The van der Waals surface area contributed by atoms with Gasteiger partial charge in [-0.3, -0.25) is 4.79 Å². The Labute approximate surface area is 144 Å². The lowest BCUT2D eigenvalue weighted by molar-refractivity contribution is -0.118. The van der Waals surface area contributed by atoms with Crippen molar-refractivity contribution in [3.05, 3.63) is 29.8 Å². The molecule has 0 radical (unpaired) electrons. The summed E-state index contributed by atoms with van der Waals surface area (Å²) in [5, 5.41) is 8.74. The van der Waals surface area contributed by atoms with E-state index in [1.807, 2.05) is 13.8 Å². The monoisotopic (exact) mass is 348 g/mol. The highest BCUT2D eigenvalue weighted by Crippen LogP contribution is 2.26. The molecule has 0 bridgehead atoms. The van der Waals surface area contributed by atoms with Crippen molar-refractivity contribution in [2.24, 2.45) is 0 Å². The van der Waals surface area contributed by atoms with Crippen LogP contribution in [-0.2, 0) is 14.6 Å². The number of nitrogens with zero attached hydrogens (tertiary/aromatic N) is 2. The van der Waals surface area contributed by atoms with E-state index in [1.165, 1.54) is 0 Å². The van der Waals surface area contributed by atoms with Gasteiger partial charge in [0.1, 0.15) is 0 Å². The second-order valence-corrected chi connectivity index (χ2v) is 8.94. The Kier molecular flexibility index (Phi) is 6.00. The summed E-state index contributed by atoms with van der Waals surface area (Å²) in [6.45, 7) is 3.75. The second-order valence-electron chi connectivity index (χ2n) is 6.54. The van der Waals surface area contributed by atoms with Crippen molar-refractivity contribution in [2.75, 3.05) is 10.7 Å². The largest absolute Gasteiger partial charge is 0.310 e. The van der Waals surface area contributed by atoms with Crippen molar-refractivity contribution in [3.8, 4) is 6.07 Å². The van der Waals surface area contributed by atoms with Crippen LogP contribution in [0.25, 0.3) is 0 Å². The number of benzene rings is 1. The molecular weight excluding hydrogens is 324 g/mol. The van der Waals surface area contributed by atoms with E-state index in [0.717, 1.165) is 12.8 Å². The Bertz CT molecular complexity index is 729. The summed E-state index contributed by atoms with van der Waals surface area (Å²) in [4.78, 5) is 14.2. The lowest BCUT2D eigenvalue weighted by Crippen LogP contribution is -2.38. The van der Waals surface area contributed by atoms with E-state index < -0.39 is 9.84 Å². The molecule has 1 aromatic rings. The van der Waals surface area contributed by atoms with E-state index in [1.54, 1.807) is 29.2 Å². The lowest BCUT2D eigenvalue weighted by Gasteiger charge is -2.27. The van der Waals surface area contributed by atoms with Crippen LogP contribution in [0.3, 0.4) is 0 Å². The zero-order valence-corrected chi connectivity index (χ0v) is 15.1. The summed E-state index contributed by atoms with van der Waals surface area (Å²) in [7, 11) is -3.21. The fourth-order valence-corrected chi connectivity index (χ4v) is 5.06. The molecule has 1 aliphatic rings. The third kappa shape index (κ3) is 4.35. The van der Waals surface area contributed by atoms with Crippen molar-refractivity contribution < 1.29 is 13.2 Å². The average Bonchev–Trinajstić information content (AvgIpc) is 3.08. The molecule has 1 aromatic carbocycles. The standard InChI is InChI=1S/C18H24N2O3S/c1-14(2)20(16-7-5-6-15(12-16)13-19)18(21)10-11-24(22,23)17-8-3-4-9-17/h5-7,12,14,17H,3-4,8-11H2,1-2H3. The normalized spacial score (nSPS) is 15.4. The van der Waals surface area contributed by atoms with Gasteiger partial charge in [-0.05, 0) is 44.9 Å². The Morgan fingerprint density at radius 1 is 1.33 bits per heavy atom. The maximum absolute atomic E-state index is 12.6. The molecule has 1 saturated carbocycles. The Balaban J connectivity index is 2.11. The molecule has 0 aliphatic heterocycles. The minimum Gasteiger partial charge on any atom is -0.310 e. The molecule has 0 spiro atoms. The summed E-state index contributed by atoms with van der Waals surface area (Å²) in [6, 6.07) is 8.78. The first kappa shape index (κ1) is 18.5. The van der Waals surface area contributed by atoms with E-state index >= 15 is 0 Å². The number of carbonyl (C=O) groups is 1. The van der Waals surface area contributed by atoms with Crippen molar-refractivity contribution in [1.82, 2.24) is 0 Å². The average molecular weight is 348 g/mol. The SMILES string of the molecule is CC(C)N(C(=O)CCS(=O)(=O)C1CCCC1)c1cccc(C#N)c1. The molecule has 0 atom stereocenters. The molecular formula is C18H24N2O3S. The fraction of sp³-hybridized carbons (Fsp3) is 0.556. The molecule has 1 amide bonds. The van der Waals surface area contributed by atoms with Gasteiger partial charge in [-0.2, -0.15) is 5.26 Å². The number of carbonyl (C=O) groups excluding carboxylic acids is 1. The summed E-state index contributed by atoms with van der Waals surface area (Å²) < 4.78 is 24.7. The highest BCUT2D eigenvalue weighted by molar-refractivity contribution is 7.92. The quantitative estimate of drug-likeness (QED) is 0.791. The highest BCUT2D eigenvalue weighted by Gasteiger charge is 2.30. The first-order chi connectivity index (χ1) is 11.3. The maximum Gasteiger partial charge on any atom is 0.228 e. The van der Waals surface area contributed by atoms with Gasteiger partial charge in [0.2, 0.25) is 5.91 Å².